The Morgan fingerprint density at radius 3 is 2.71 bits per heavy atom. The van der Waals surface area contributed by atoms with Crippen LogP contribution in [0.5, 0.6) is 0 Å². The quantitative estimate of drug-likeness (QED) is 0.778. The molecule has 1 aliphatic heterocycles. The van der Waals surface area contributed by atoms with Gasteiger partial charge in [0.15, 0.2) is 5.13 Å². The van der Waals surface area contributed by atoms with E-state index >= 15 is 0 Å². The molecular formula is C20H29N5O2S. The molecule has 0 spiro atoms. The fourth-order valence-corrected chi connectivity index (χ4v) is 4.22. The molecule has 0 radical (unpaired) electrons. The highest BCUT2D eigenvalue weighted by Crippen LogP contribution is 2.27. The summed E-state index contributed by atoms with van der Waals surface area (Å²) in [5, 5.41) is 6.52. The average Bonchev–Trinajstić information content (AvgIpc) is 3.08. The molecule has 1 fully saturated rings. The minimum Gasteiger partial charge on any atom is -0.355 e. The van der Waals surface area contributed by atoms with Crippen molar-refractivity contribution in [2.45, 2.75) is 26.2 Å². The molecule has 3 amide bonds. The highest BCUT2D eigenvalue weighted by molar-refractivity contribution is 7.22. The van der Waals surface area contributed by atoms with Gasteiger partial charge in [-0.3, -0.25) is 10.1 Å². The number of carbonyl (C=O) groups is 2. The molecule has 3 rings (SSSR count). The first-order valence-electron chi connectivity index (χ1n) is 9.84. The monoisotopic (exact) mass is 403 g/mol. The number of nitrogens with zero attached hydrogens (tertiary/aromatic N) is 3. The van der Waals surface area contributed by atoms with Crippen molar-refractivity contribution in [2.24, 2.45) is 5.92 Å². The van der Waals surface area contributed by atoms with Gasteiger partial charge in [-0.1, -0.05) is 24.3 Å². The molecule has 2 aromatic rings. The van der Waals surface area contributed by atoms with Crippen LogP contribution in [0.1, 0.15) is 25.3 Å². The molecule has 2 N–H and O–H groups in total. The van der Waals surface area contributed by atoms with Crippen LogP contribution in [-0.2, 0) is 11.2 Å². The van der Waals surface area contributed by atoms with Crippen molar-refractivity contribution in [3.63, 3.8) is 0 Å². The zero-order chi connectivity index (χ0) is 20.1. The van der Waals surface area contributed by atoms with Crippen molar-refractivity contribution in [2.75, 3.05) is 45.6 Å². The van der Waals surface area contributed by atoms with Crippen LogP contribution in [0.2, 0.25) is 0 Å². The number of anilines is 1. The lowest BCUT2D eigenvalue weighted by molar-refractivity contribution is -0.126. The van der Waals surface area contributed by atoms with Crippen LogP contribution < -0.4 is 10.6 Å². The molecule has 0 saturated carbocycles. The Hall–Kier alpha value is -2.19. The standard InChI is InChI=1S/C20H29N5O2S/c1-4-14-5-6-16-17(13-14)28-19(22-16)23-20(27)25-10-7-15(8-11-25)18(26)21-9-12-24(2)3/h5-6,13,15H,4,7-12H2,1-3H3,(H,21,26)(H,22,23,27). The first-order valence-corrected chi connectivity index (χ1v) is 10.7. The lowest BCUT2D eigenvalue weighted by Gasteiger charge is -2.31. The predicted molar refractivity (Wildman–Crippen MR) is 114 cm³/mol. The van der Waals surface area contributed by atoms with Crippen LogP contribution in [-0.4, -0.2) is 67.0 Å². The topological polar surface area (TPSA) is 77.6 Å². The number of nitrogens with one attached hydrogen (secondary N) is 2. The van der Waals surface area contributed by atoms with Crippen molar-refractivity contribution < 1.29 is 9.59 Å². The molecule has 0 unspecified atom stereocenters. The van der Waals surface area contributed by atoms with Crippen LogP contribution in [0.25, 0.3) is 10.2 Å². The van der Waals surface area contributed by atoms with Gasteiger partial charge in [-0.2, -0.15) is 0 Å². The van der Waals surface area contributed by atoms with E-state index in [1.165, 1.54) is 16.9 Å². The third-order valence-corrected chi connectivity index (χ3v) is 6.02. The molecule has 0 bridgehead atoms. The number of aromatic nitrogens is 1. The molecule has 1 aromatic carbocycles. The number of likely N-dealkylation sites (N-methyl/N-ethyl adjacent to an activating group) is 1. The van der Waals surface area contributed by atoms with Gasteiger partial charge in [-0.15, -0.1) is 0 Å². The number of aryl methyl sites for hydroxylation is 1. The molecule has 28 heavy (non-hydrogen) atoms. The van der Waals surface area contributed by atoms with Gasteiger partial charge in [-0.05, 0) is 51.1 Å². The minimum absolute atomic E-state index is 0.0128. The average molecular weight is 404 g/mol. The molecule has 1 aromatic heterocycles. The first kappa shape index (κ1) is 20.5. The second-order valence-corrected chi connectivity index (χ2v) is 8.49. The third-order valence-electron chi connectivity index (χ3n) is 5.09. The minimum atomic E-state index is -0.138. The number of urea groups is 1. The number of rotatable bonds is 6. The molecule has 0 atom stereocenters. The summed E-state index contributed by atoms with van der Waals surface area (Å²) in [6, 6.07) is 6.06. The van der Waals surface area contributed by atoms with Gasteiger partial charge >= 0.3 is 6.03 Å². The fraction of sp³-hybridized carbons (Fsp3) is 0.550. The van der Waals surface area contributed by atoms with E-state index in [2.05, 4.69) is 34.7 Å². The van der Waals surface area contributed by atoms with Gasteiger partial charge in [0.2, 0.25) is 5.91 Å². The van der Waals surface area contributed by atoms with Gasteiger partial charge < -0.3 is 15.1 Å². The SMILES string of the molecule is CCc1ccc2nc(NC(=O)N3CCC(C(=O)NCCN(C)C)CC3)sc2c1. The molecule has 1 aliphatic rings. The van der Waals surface area contributed by atoms with Crippen molar-refractivity contribution in [3.8, 4) is 0 Å². The second-order valence-electron chi connectivity index (χ2n) is 7.46. The fourth-order valence-electron chi connectivity index (χ4n) is 3.30. The Bertz CT molecular complexity index is 827. The van der Waals surface area contributed by atoms with E-state index in [0.29, 0.717) is 37.6 Å². The number of likely N-dealkylation sites (tertiary alicyclic amines) is 1. The van der Waals surface area contributed by atoms with E-state index < -0.39 is 0 Å². The molecular weight excluding hydrogens is 374 g/mol. The highest BCUT2D eigenvalue weighted by Gasteiger charge is 2.27. The van der Waals surface area contributed by atoms with E-state index in [9.17, 15) is 9.59 Å². The smallest absolute Gasteiger partial charge is 0.323 e. The number of hydrogen-bond donors (Lipinski definition) is 2. The van der Waals surface area contributed by atoms with E-state index in [1.54, 1.807) is 4.90 Å². The van der Waals surface area contributed by atoms with Gasteiger partial charge in [-0.25, -0.2) is 9.78 Å². The van der Waals surface area contributed by atoms with E-state index in [1.807, 2.05) is 25.1 Å². The number of hydrogen-bond acceptors (Lipinski definition) is 5. The third kappa shape index (κ3) is 5.20. The van der Waals surface area contributed by atoms with Crippen LogP contribution >= 0.6 is 11.3 Å². The predicted octanol–water partition coefficient (Wildman–Crippen LogP) is 2.78. The van der Waals surface area contributed by atoms with Gasteiger partial charge in [0.05, 0.1) is 10.2 Å². The van der Waals surface area contributed by atoms with Gasteiger partial charge in [0.25, 0.3) is 0 Å². The number of fused-ring (bicyclic) bond motifs is 1. The Morgan fingerprint density at radius 1 is 1.29 bits per heavy atom. The van der Waals surface area contributed by atoms with Crippen LogP contribution in [0, 0.1) is 5.92 Å². The largest absolute Gasteiger partial charge is 0.355 e. The molecule has 1 saturated heterocycles. The van der Waals surface area contributed by atoms with Crippen molar-refractivity contribution >= 4 is 38.6 Å². The number of carbonyl (C=O) groups excluding carboxylic acids is 2. The first-order chi connectivity index (χ1) is 13.5. The van der Waals surface area contributed by atoms with Crippen molar-refractivity contribution in [3.05, 3.63) is 23.8 Å². The summed E-state index contributed by atoms with van der Waals surface area (Å²) in [6.45, 7) is 4.78. The van der Waals surface area contributed by atoms with Crippen LogP contribution in [0.3, 0.4) is 0 Å². The van der Waals surface area contributed by atoms with Gasteiger partial charge in [0, 0.05) is 32.1 Å². The number of thiazole rings is 1. The Balaban J connectivity index is 1.49. The summed E-state index contributed by atoms with van der Waals surface area (Å²) in [4.78, 5) is 33.1. The zero-order valence-corrected chi connectivity index (χ0v) is 17.6. The Labute approximate surface area is 170 Å². The van der Waals surface area contributed by atoms with Crippen molar-refractivity contribution in [1.82, 2.24) is 20.1 Å². The maximum absolute atomic E-state index is 12.6. The van der Waals surface area contributed by atoms with E-state index in [-0.39, 0.29) is 17.9 Å². The normalized spacial score (nSPS) is 15.2. The Kier molecular flexibility index (Phi) is 6.85. The maximum atomic E-state index is 12.6. The molecule has 0 aliphatic carbocycles. The summed E-state index contributed by atoms with van der Waals surface area (Å²) in [5.74, 6) is 0.0842. The number of amides is 3. The summed E-state index contributed by atoms with van der Waals surface area (Å²) < 4.78 is 1.09. The second kappa shape index (κ2) is 9.34. The zero-order valence-electron chi connectivity index (χ0n) is 16.8. The maximum Gasteiger partial charge on any atom is 0.323 e. The van der Waals surface area contributed by atoms with Crippen molar-refractivity contribution in [1.29, 1.82) is 0 Å². The summed E-state index contributed by atoms with van der Waals surface area (Å²) in [6.07, 6.45) is 2.37. The highest BCUT2D eigenvalue weighted by atomic mass is 32.1. The molecule has 8 heteroatoms. The lowest BCUT2D eigenvalue weighted by atomic mass is 9.96. The van der Waals surface area contributed by atoms with E-state index in [4.69, 9.17) is 0 Å². The molecule has 152 valence electrons. The number of benzene rings is 1. The number of piperidine rings is 1. The van der Waals surface area contributed by atoms with Crippen LogP contribution in [0.4, 0.5) is 9.93 Å². The summed E-state index contributed by atoms with van der Waals surface area (Å²) in [7, 11) is 3.97. The molecule has 7 nitrogen and oxygen atoms in total. The van der Waals surface area contributed by atoms with E-state index in [0.717, 1.165) is 23.2 Å². The molecule has 2 heterocycles. The lowest BCUT2D eigenvalue weighted by Crippen LogP contribution is -2.45. The summed E-state index contributed by atoms with van der Waals surface area (Å²) in [5.41, 5.74) is 2.17. The van der Waals surface area contributed by atoms with Crippen LogP contribution in [0.15, 0.2) is 18.2 Å². The van der Waals surface area contributed by atoms with Gasteiger partial charge in [0.1, 0.15) is 0 Å². The summed E-state index contributed by atoms with van der Waals surface area (Å²) >= 11 is 1.50. The Morgan fingerprint density at radius 2 is 2.04 bits per heavy atom.